The molecule has 5 rings (SSSR count). The van der Waals surface area contributed by atoms with Gasteiger partial charge in [-0.15, -0.1) is 0 Å². The largest absolute Gasteiger partial charge is 0.464 e. The van der Waals surface area contributed by atoms with E-state index >= 15 is 0 Å². The van der Waals surface area contributed by atoms with Gasteiger partial charge < -0.3 is 14.7 Å². The van der Waals surface area contributed by atoms with Crippen molar-refractivity contribution in [3.63, 3.8) is 0 Å². The molecule has 178 valence electrons. The van der Waals surface area contributed by atoms with Crippen LogP contribution in [0.5, 0.6) is 6.01 Å². The first-order valence-corrected chi connectivity index (χ1v) is 11.9. The van der Waals surface area contributed by atoms with Crippen molar-refractivity contribution in [1.82, 2.24) is 19.3 Å². The molecule has 2 aromatic carbocycles. The molecule has 1 aliphatic heterocycles. The number of aromatic nitrogens is 3. The number of nitrogens with zero attached hydrogens (tertiary/aromatic N) is 5. The third-order valence-corrected chi connectivity index (χ3v) is 6.76. The van der Waals surface area contributed by atoms with Crippen LogP contribution in [0.15, 0.2) is 54.9 Å². The molecule has 0 amide bonds. The van der Waals surface area contributed by atoms with E-state index in [1.54, 1.807) is 18.3 Å². The predicted octanol–water partition coefficient (Wildman–Crippen LogP) is 5.14. The van der Waals surface area contributed by atoms with Gasteiger partial charge in [0.05, 0.1) is 31.0 Å². The lowest BCUT2D eigenvalue weighted by Crippen LogP contribution is -2.35. The second-order valence-electron chi connectivity index (χ2n) is 9.28. The molecule has 1 saturated heterocycles. The Labute approximate surface area is 205 Å². The fourth-order valence-corrected chi connectivity index (χ4v) is 4.82. The smallest absolute Gasteiger partial charge is 0.302 e. The molecule has 0 saturated carbocycles. The fourth-order valence-electron chi connectivity index (χ4n) is 4.82. The molecule has 4 aromatic rings. The Morgan fingerprint density at radius 2 is 1.97 bits per heavy atom. The number of hydrogen-bond acceptors (Lipinski definition) is 5. The summed E-state index contributed by atoms with van der Waals surface area (Å²) in [5.74, 6) is 0.458. The van der Waals surface area contributed by atoms with Crippen LogP contribution in [-0.4, -0.2) is 51.1 Å². The molecular weight excluding hydrogens is 438 g/mol. The molecule has 2 aromatic heterocycles. The van der Waals surface area contributed by atoms with E-state index in [-0.39, 0.29) is 6.61 Å². The molecule has 0 unspecified atom stereocenters. The average Bonchev–Trinajstić information content (AvgIpc) is 3.37. The summed E-state index contributed by atoms with van der Waals surface area (Å²) in [6.45, 7) is 12.0. The lowest BCUT2D eigenvalue weighted by molar-refractivity contribution is 0.143. The molecule has 7 nitrogen and oxygen atoms in total. The number of aryl methyl sites for hydroxylation is 1. The standard InChI is InChI=1S/C28H29N5O2/c1-19-6-7-22(15-23(19)17-34)25-26(21-8-10-24(29-2)11-9-21)31-28(33-14-12-30-27(25)33)35-18-20-5-4-13-32(3)16-20/h6-12,14-15,20,34H,4-5,13,16-18H2,1,3H3/t20-/m1/s1. The van der Waals surface area contributed by atoms with Gasteiger partial charge in [-0.1, -0.05) is 36.4 Å². The van der Waals surface area contributed by atoms with Crippen LogP contribution in [0.25, 0.3) is 32.9 Å². The number of hydrogen-bond donors (Lipinski definition) is 1. The topological polar surface area (TPSA) is 67.2 Å². The SMILES string of the molecule is [C-]#[N+]c1ccc(-c2nc(OC[C@@H]3CCCN(C)C3)n3ccnc3c2-c2ccc(C)c(CO)c2)cc1. The normalized spacial score (nSPS) is 16.3. The summed E-state index contributed by atoms with van der Waals surface area (Å²) in [5.41, 5.74) is 6.63. The Bertz CT molecular complexity index is 1390. The van der Waals surface area contributed by atoms with E-state index in [0.717, 1.165) is 58.7 Å². The molecule has 3 heterocycles. The van der Waals surface area contributed by atoms with Crippen molar-refractivity contribution < 1.29 is 9.84 Å². The second-order valence-corrected chi connectivity index (χ2v) is 9.28. The second kappa shape index (κ2) is 9.87. The molecule has 35 heavy (non-hydrogen) atoms. The van der Waals surface area contributed by atoms with Crippen molar-refractivity contribution in [2.45, 2.75) is 26.4 Å². The van der Waals surface area contributed by atoms with Crippen LogP contribution in [-0.2, 0) is 6.61 Å². The van der Waals surface area contributed by atoms with Gasteiger partial charge in [0.25, 0.3) is 0 Å². The lowest BCUT2D eigenvalue weighted by atomic mass is 9.96. The first kappa shape index (κ1) is 23.0. The molecule has 0 radical (unpaired) electrons. The molecule has 0 bridgehead atoms. The van der Waals surface area contributed by atoms with E-state index in [4.69, 9.17) is 16.3 Å². The van der Waals surface area contributed by atoms with Gasteiger partial charge in [-0.2, -0.15) is 4.98 Å². The zero-order chi connectivity index (χ0) is 24.4. The number of benzene rings is 2. The minimum atomic E-state index is -0.0378. The summed E-state index contributed by atoms with van der Waals surface area (Å²) in [7, 11) is 2.15. The van der Waals surface area contributed by atoms with Gasteiger partial charge in [0, 0.05) is 24.9 Å². The van der Waals surface area contributed by atoms with Crippen LogP contribution in [0.2, 0.25) is 0 Å². The van der Waals surface area contributed by atoms with Gasteiger partial charge in [0.1, 0.15) is 0 Å². The molecule has 0 spiro atoms. The third-order valence-electron chi connectivity index (χ3n) is 6.76. The number of likely N-dealkylation sites (tertiary alicyclic amines) is 1. The van der Waals surface area contributed by atoms with E-state index in [9.17, 15) is 5.11 Å². The highest BCUT2D eigenvalue weighted by molar-refractivity contribution is 5.90. The van der Waals surface area contributed by atoms with Crippen molar-refractivity contribution in [2.24, 2.45) is 5.92 Å². The number of imidazole rings is 1. The van der Waals surface area contributed by atoms with Crippen LogP contribution in [0.4, 0.5) is 5.69 Å². The highest BCUT2D eigenvalue weighted by Gasteiger charge is 2.22. The number of piperidine rings is 1. The quantitative estimate of drug-likeness (QED) is 0.398. The fraction of sp³-hybridized carbons (Fsp3) is 0.321. The summed E-state index contributed by atoms with van der Waals surface area (Å²) in [5, 5.41) is 9.88. The van der Waals surface area contributed by atoms with Gasteiger partial charge in [0.2, 0.25) is 0 Å². The van der Waals surface area contributed by atoms with Gasteiger partial charge in [-0.3, -0.25) is 4.40 Å². The lowest BCUT2D eigenvalue weighted by Gasteiger charge is -2.29. The Balaban J connectivity index is 1.64. The van der Waals surface area contributed by atoms with Crippen LogP contribution in [0.3, 0.4) is 0 Å². The van der Waals surface area contributed by atoms with Crippen LogP contribution < -0.4 is 4.74 Å². The van der Waals surface area contributed by atoms with E-state index in [1.165, 1.54) is 6.42 Å². The molecule has 7 heteroatoms. The molecule has 1 N–H and O–H groups in total. The van der Waals surface area contributed by atoms with E-state index in [1.807, 2.05) is 47.9 Å². The highest BCUT2D eigenvalue weighted by atomic mass is 16.5. The molecule has 1 aliphatic rings. The van der Waals surface area contributed by atoms with Gasteiger partial charge >= 0.3 is 6.01 Å². The minimum absolute atomic E-state index is 0.0378. The third kappa shape index (κ3) is 4.63. The Morgan fingerprint density at radius 1 is 1.17 bits per heavy atom. The molecule has 0 aliphatic carbocycles. The maximum Gasteiger partial charge on any atom is 0.302 e. The van der Waals surface area contributed by atoms with Gasteiger partial charge in [-0.05, 0) is 61.7 Å². The van der Waals surface area contributed by atoms with E-state index < -0.39 is 0 Å². The summed E-state index contributed by atoms with van der Waals surface area (Å²) in [6.07, 6.45) is 5.96. The first-order chi connectivity index (χ1) is 17.1. The van der Waals surface area contributed by atoms with Crippen molar-refractivity contribution in [3.05, 3.63) is 77.4 Å². The summed E-state index contributed by atoms with van der Waals surface area (Å²) in [4.78, 5) is 15.6. The van der Waals surface area contributed by atoms with Crippen molar-refractivity contribution in [1.29, 1.82) is 0 Å². The predicted molar refractivity (Wildman–Crippen MR) is 136 cm³/mol. The summed E-state index contributed by atoms with van der Waals surface area (Å²) < 4.78 is 8.22. The zero-order valence-electron chi connectivity index (χ0n) is 20.1. The Kier molecular flexibility index (Phi) is 6.49. The van der Waals surface area contributed by atoms with Crippen molar-refractivity contribution in [2.75, 3.05) is 26.7 Å². The van der Waals surface area contributed by atoms with E-state index in [0.29, 0.717) is 24.2 Å². The monoisotopic (exact) mass is 467 g/mol. The highest BCUT2D eigenvalue weighted by Crippen LogP contribution is 2.37. The number of fused-ring (bicyclic) bond motifs is 1. The van der Waals surface area contributed by atoms with Gasteiger partial charge in [-0.25, -0.2) is 9.83 Å². The molecular formula is C28H29N5O2. The number of ether oxygens (including phenoxy) is 1. The minimum Gasteiger partial charge on any atom is -0.464 e. The number of aliphatic hydroxyl groups excluding tert-OH is 1. The van der Waals surface area contributed by atoms with Gasteiger partial charge in [0.15, 0.2) is 11.3 Å². The first-order valence-electron chi connectivity index (χ1n) is 11.9. The zero-order valence-corrected chi connectivity index (χ0v) is 20.1. The molecule has 1 atom stereocenters. The summed E-state index contributed by atoms with van der Waals surface area (Å²) >= 11 is 0. The van der Waals surface area contributed by atoms with Crippen LogP contribution in [0, 0.1) is 19.4 Å². The average molecular weight is 468 g/mol. The Hall–Kier alpha value is -3.73. The van der Waals surface area contributed by atoms with E-state index in [2.05, 4.69) is 21.8 Å². The van der Waals surface area contributed by atoms with Crippen LogP contribution >= 0.6 is 0 Å². The van der Waals surface area contributed by atoms with Crippen molar-refractivity contribution in [3.8, 4) is 28.4 Å². The summed E-state index contributed by atoms with van der Waals surface area (Å²) in [6, 6.07) is 14.0. The number of aliphatic hydroxyl groups is 1. The van der Waals surface area contributed by atoms with Crippen molar-refractivity contribution >= 4 is 11.3 Å². The Morgan fingerprint density at radius 3 is 2.71 bits per heavy atom. The van der Waals surface area contributed by atoms with Crippen LogP contribution in [0.1, 0.15) is 24.0 Å². The maximum absolute atomic E-state index is 9.88. The molecule has 1 fully saturated rings. The maximum atomic E-state index is 9.88. The number of rotatable bonds is 6.